The lowest BCUT2D eigenvalue weighted by atomic mass is 10.1. The molecule has 0 aromatic heterocycles. The molecule has 0 fully saturated rings. The highest BCUT2D eigenvalue weighted by molar-refractivity contribution is 5.91. The summed E-state index contributed by atoms with van der Waals surface area (Å²) < 4.78 is 18.7. The summed E-state index contributed by atoms with van der Waals surface area (Å²) in [5.41, 5.74) is 2.94. The van der Waals surface area contributed by atoms with Gasteiger partial charge in [-0.1, -0.05) is 37.3 Å². The molecule has 0 bridgehead atoms. The van der Waals surface area contributed by atoms with Gasteiger partial charge in [0, 0.05) is 5.69 Å². The summed E-state index contributed by atoms with van der Waals surface area (Å²) in [6.07, 6.45) is 0.841. The molecule has 4 nitrogen and oxygen atoms in total. The molecule has 23 heavy (non-hydrogen) atoms. The molecule has 0 unspecified atom stereocenters. The fraction of sp³-hybridized carbons (Fsp3) is 0.278. The minimum Gasteiger partial charge on any atom is -0.489 e. The van der Waals surface area contributed by atoms with Gasteiger partial charge < -0.3 is 15.4 Å². The van der Waals surface area contributed by atoms with Crippen molar-refractivity contribution in [1.82, 2.24) is 5.32 Å². The molecule has 0 radical (unpaired) electrons. The molecule has 0 aliphatic rings. The minimum absolute atomic E-state index is 0.182. The van der Waals surface area contributed by atoms with Gasteiger partial charge >= 0.3 is 6.03 Å². The Morgan fingerprint density at radius 2 is 1.96 bits per heavy atom. The molecule has 2 amide bonds. The molecule has 0 spiro atoms. The monoisotopic (exact) mass is 316 g/mol. The van der Waals surface area contributed by atoms with Crippen LogP contribution in [0.1, 0.15) is 18.1 Å². The van der Waals surface area contributed by atoms with Gasteiger partial charge in [0.15, 0.2) is 11.6 Å². The Bertz CT molecular complexity index is 674. The number of hydrogen-bond acceptors (Lipinski definition) is 2. The number of carbonyl (C=O) groups is 1. The number of hydrogen-bond donors (Lipinski definition) is 2. The van der Waals surface area contributed by atoms with Crippen molar-refractivity contribution in [2.24, 2.45) is 0 Å². The smallest absolute Gasteiger partial charge is 0.319 e. The summed E-state index contributed by atoms with van der Waals surface area (Å²) in [7, 11) is 0. The second-order valence-electron chi connectivity index (χ2n) is 5.12. The van der Waals surface area contributed by atoms with Crippen LogP contribution in [0.15, 0.2) is 42.5 Å². The van der Waals surface area contributed by atoms with Gasteiger partial charge in [-0.25, -0.2) is 9.18 Å². The van der Waals surface area contributed by atoms with E-state index in [1.807, 2.05) is 32.0 Å². The van der Waals surface area contributed by atoms with Crippen molar-refractivity contribution in [3.05, 3.63) is 59.4 Å². The number of carbonyl (C=O) groups excluding carboxylic acids is 1. The Hall–Kier alpha value is -2.56. The number of rotatable bonds is 6. The van der Waals surface area contributed by atoms with Gasteiger partial charge in [0.2, 0.25) is 0 Å². The maximum absolute atomic E-state index is 13.4. The molecular weight excluding hydrogens is 295 g/mol. The molecule has 2 aromatic rings. The summed E-state index contributed by atoms with van der Waals surface area (Å²) in [5.74, 6) is -0.230. The molecule has 2 aromatic carbocycles. The Morgan fingerprint density at radius 1 is 1.17 bits per heavy atom. The number of para-hydroxylation sites is 2. The lowest BCUT2D eigenvalue weighted by Crippen LogP contribution is -2.32. The molecular formula is C18H21FN2O2. The van der Waals surface area contributed by atoms with Gasteiger partial charge in [-0.2, -0.15) is 0 Å². The van der Waals surface area contributed by atoms with Crippen LogP contribution in [0.5, 0.6) is 5.75 Å². The number of aryl methyl sites for hydroxylation is 2. The number of urea groups is 1. The van der Waals surface area contributed by atoms with E-state index >= 15 is 0 Å². The van der Waals surface area contributed by atoms with Crippen LogP contribution in [0.25, 0.3) is 0 Å². The Balaban J connectivity index is 1.81. The zero-order valence-corrected chi connectivity index (χ0v) is 13.4. The highest BCUT2D eigenvalue weighted by atomic mass is 19.1. The predicted octanol–water partition coefficient (Wildman–Crippen LogP) is 3.90. The number of anilines is 1. The normalized spacial score (nSPS) is 10.2. The first-order valence-electron chi connectivity index (χ1n) is 7.62. The van der Waals surface area contributed by atoms with E-state index in [2.05, 4.69) is 10.6 Å². The zero-order valence-electron chi connectivity index (χ0n) is 13.4. The van der Waals surface area contributed by atoms with Crippen LogP contribution in [0.3, 0.4) is 0 Å². The van der Waals surface area contributed by atoms with E-state index in [0.717, 1.165) is 23.2 Å². The number of nitrogens with one attached hydrogen (secondary N) is 2. The van der Waals surface area contributed by atoms with Gasteiger partial charge in [0.1, 0.15) is 6.61 Å². The quantitative estimate of drug-likeness (QED) is 0.794. The van der Waals surface area contributed by atoms with E-state index in [-0.39, 0.29) is 24.9 Å². The first-order chi connectivity index (χ1) is 11.1. The molecule has 5 heteroatoms. The Morgan fingerprint density at radius 3 is 2.70 bits per heavy atom. The molecule has 2 N–H and O–H groups in total. The third-order valence-corrected chi connectivity index (χ3v) is 3.46. The average Bonchev–Trinajstić information content (AvgIpc) is 2.55. The molecule has 2 rings (SSSR count). The van der Waals surface area contributed by atoms with Crippen molar-refractivity contribution in [2.45, 2.75) is 20.3 Å². The van der Waals surface area contributed by atoms with Crippen LogP contribution < -0.4 is 15.4 Å². The van der Waals surface area contributed by atoms with Gasteiger partial charge in [-0.05, 0) is 36.6 Å². The molecule has 0 saturated heterocycles. The van der Waals surface area contributed by atoms with E-state index in [4.69, 9.17) is 4.74 Å². The third kappa shape index (κ3) is 4.71. The number of ether oxygens (including phenoxy) is 1. The van der Waals surface area contributed by atoms with Gasteiger partial charge in [-0.3, -0.25) is 0 Å². The SMILES string of the molecule is CCc1cccc(C)c1NC(=O)NCCOc1ccccc1F. The van der Waals surface area contributed by atoms with Crippen LogP contribution in [0, 0.1) is 12.7 Å². The maximum atomic E-state index is 13.4. The van der Waals surface area contributed by atoms with Crippen molar-refractivity contribution < 1.29 is 13.9 Å². The van der Waals surface area contributed by atoms with Crippen molar-refractivity contribution in [3.8, 4) is 5.75 Å². The fourth-order valence-corrected chi connectivity index (χ4v) is 2.25. The molecule has 0 aliphatic heterocycles. The maximum Gasteiger partial charge on any atom is 0.319 e. The molecule has 0 atom stereocenters. The van der Waals surface area contributed by atoms with Crippen molar-refractivity contribution in [3.63, 3.8) is 0 Å². The average molecular weight is 316 g/mol. The zero-order chi connectivity index (χ0) is 16.7. The van der Waals surface area contributed by atoms with Gasteiger partial charge in [-0.15, -0.1) is 0 Å². The van der Waals surface area contributed by atoms with E-state index < -0.39 is 5.82 Å². The van der Waals surface area contributed by atoms with Crippen molar-refractivity contribution in [2.75, 3.05) is 18.5 Å². The number of amides is 2. The van der Waals surface area contributed by atoms with Crippen LogP contribution in [-0.2, 0) is 6.42 Å². The first kappa shape index (κ1) is 16.8. The summed E-state index contributed by atoms with van der Waals surface area (Å²) >= 11 is 0. The number of benzene rings is 2. The molecule has 0 aliphatic carbocycles. The van der Waals surface area contributed by atoms with Crippen molar-refractivity contribution >= 4 is 11.7 Å². The minimum atomic E-state index is -0.413. The summed E-state index contributed by atoms with van der Waals surface area (Å²) in [6, 6.07) is 11.8. The van der Waals surface area contributed by atoms with Crippen LogP contribution in [0.4, 0.5) is 14.9 Å². The Labute approximate surface area is 135 Å². The van der Waals surface area contributed by atoms with Crippen molar-refractivity contribution in [1.29, 1.82) is 0 Å². The first-order valence-corrected chi connectivity index (χ1v) is 7.62. The van der Waals surface area contributed by atoms with Gasteiger partial charge in [0.25, 0.3) is 0 Å². The standard InChI is InChI=1S/C18H21FN2O2/c1-3-14-8-6-7-13(2)17(14)21-18(22)20-11-12-23-16-10-5-4-9-15(16)19/h4-10H,3,11-12H2,1-2H3,(H2,20,21,22). The highest BCUT2D eigenvalue weighted by Crippen LogP contribution is 2.20. The van der Waals surface area contributed by atoms with E-state index in [0.29, 0.717) is 0 Å². The second kappa shape index (κ2) is 8.17. The molecule has 122 valence electrons. The van der Waals surface area contributed by atoms with Crippen LogP contribution in [0.2, 0.25) is 0 Å². The fourth-order valence-electron chi connectivity index (χ4n) is 2.25. The third-order valence-electron chi connectivity index (χ3n) is 3.46. The molecule has 0 saturated carbocycles. The molecule has 0 heterocycles. The van der Waals surface area contributed by atoms with E-state index in [1.165, 1.54) is 6.07 Å². The lowest BCUT2D eigenvalue weighted by Gasteiger charge is -2.14. The summed E-state index contributed by atoms with van der Waals surface area (Å²) in [4.78, 5) is 12.0. The number of halogens is 1. The highest BCUT2D eigenvalue weighted by Gasteiger charge is 2.08. The Kier molecular flexibility index (Phi) is 5.97. The van der Waals surface area contributed by atoms with E-state index in [9.17, 15) is 9.18 Å². The van der Waals surface area contributed by atoms with Gasteiger partial charge in [0.05, 0.1) is 6.54 Å². The van der Waals surface area contributed by atoms with Crippen LogP contribution in [-0.4, -0.2) is 19.2 Å². The second-order valence-corrected chi connectivity index (χ2v) is 5.12. The summed E-state index contributed by atoms with van der Waals surface area (Å²) in [6.45, 7) is 4.48. The largest absolute Gasteiger partial charge is 0.489 e. The van der Waals surface area contributed by atoms with E-state index in [1.54, 1.807) is 18.2 Å². The predicted molar refractivity (Wildman–Crippen MR) is 89.5 cm³/mol. The topological polar surface area (TPSA) is 50.4 Å². The lowest BCUT2D eigenvalue weighted by molar-refractivity contribution is 0.246. The van der Waals surface area contributed by atoms with Crippen LogP contribution >= 0.6 is 0 Å². The summed E-state index contributed by atoms with van der Waals surface area (Å²) in [5, 5.41) is 5.56.